The molecule has 1 atom stereocenters. The summed E-state index contributed by atoms with van der Waals surface area (Å²) >= 11 is 6.07. The third-order valence-corrected chi connectivity index (χ3v) is 4.19. The van der Waals surface area contributed by atoms with E-state index in [0.29, 0.717) is 23.7 Å². The van der Waals surface area contributed by atoms with Gasteiger partial charge in [-0.1, -0.05) is 30.3 Å². The maximum absolute atomic E-state index is 12.1. The highest BCUT2D eigenvalue weighted by molar-refractivity contribution is 6.30. The quantitative estimate of drug-likeness (QED) is 0.867. The first-order valence-electron chi connectivity index (χ1n) is 6.97. The Morgan fingerprint density at radius 1 is 1.36 bits per heavy atom. The number of carbonyl (C=O) groups excluding carboxylic acids is 1. The highest BCUT2D eigenvalue weighted by Gasteiger charge is 2.29. The van der Waals surface area contributed by atoms with Gasteiger partial charge in [0.15, 0.2) is 0 Å². The lowest BCUT2D eigenvalue weighted by atomic mass is 9.85. The van der Waals surface area contributed by atoms with Crippen molar-refractivity contribution in [3.63, 3.8) is 0 Å². The van der Waals surface area contributed by atoms with Gasteiger partial charge in [0.1, 0.15) is 0 Å². The van der Waals surface area contributed by atoms with Crippen LogP contribution in [0.15, 0.2) is 54.0 Å². The molecule has 2 heterocycles. The topological polar surface area (TPSA) is 53.2 Å². The van der Waals surface area contributed by atoms with E-state index in [9.17, 15) is 9.59 Å². The van der Waals surface area contributed by atoms with Gasteiger partial charge < -0.3 is 9.88 Å². The molecule has 1 N–H and O–H groups in total. The van der Waals surface area contributed by atoms with Gasteiger partial charge in [0, 0.05) is 35.8 Å². The molecule has 112 valence electrons. The number of carbonyl (C=O) groups is 1. The van der Waals surface area contributed by atoms with Crippen LogP contribution >= 0.6 is 11.6 Å². The van der Waals surface area contributed by atoms with Crippen LogP contribution in [-0.2, 0) is 11.3 Å². The fourth-order valence-electron chi connectivity index (χ4n) is 2.91. The molecule has 1 amide bonds. The number of rotatable bonds is 2. The normalized spacial score (nSPS) is 17.0. The van der Waals surface area contributed by atoms with Crippen molar-refractivity contribution in [1.29, 1.82) is 0 Å². The van der Waals surface area contributed by atoms with E-state index in [4.69, 9.17) is 11.6 Å². The Bertz CT molecular complexity index is 797. The average molecular weight is 315 g/mol. The van der Waals surface area contributed by atoms with E-state index < -0.39 is 0 Å². The summed E-state index contributed by atoms with van der Waals surface area (Å²) in [4.78, 5) is 28.5. The van der Waals surface area contributed by atoms with Gasteiger partial charge in [-0.2, -0.15) is 0 Å². The van der Waals surface area contributed by atoms with Crippen molar-refractivity contribution >= 4 is 17.5 Å². The number of halogens is 1. The number of fused-ring (bicyclic) bond motifs is 1. The van der Waals surface area contributed by atoms with Crippen LogP contribution in [0, 0.1) is 0 Å². The number of hydrogen-bond donors (Lipinski definition) is 1. The molecule has 22 heavy (non-hydrogen) atoms. The van der Waals surface area contributed by atoms with Crippen LogP contribution in [0.2, 0.25) is 5.02 Å². The van der Waals surface area contributed by atoms with Crippen LogP contribution < -0.4 is 5.56 Å². The zero-order valence-electron chi connectivity index (χ0n) is 11.9. The van der Waals surface area contributed by atoms with Crippen molar-refractivity contribution in [2.45, 2.75) is 12.5 Å². The maximum Gasteiger partial charge on any atom is 0.251 e. The third-order valence-electron chi connectivity index (χ3n) is 3.95. The zero-order chi connectivity index (χ0) is 15.7. The van der Waals surface area contributed by atoms with Gasteiger partial charge in [0.05, 0.1) is 0 Å². The van der Waals surface area contributed by atoms with E-state index in [-0.39, 0.29) is 17.4 Å². The molecule has 0 saturated carbocycles. The fraction of sp³-hybridized carbons (Fsp3) is 0.176. The number of aromatic amines is 1. The number of nitrogens with zero attached hydrogens (tertiary/aromatic N) is 1. The highest BCUT2D eigenvalue weighted by atomic mass is 35.5. The van der Waals surface area contributed by atoms with Gasteiger partial charge in [0.2, 0.25) is 5.91 Å². The Labute approximate surface area is 133 Å². The zero-order valence-corrected chi connectivity index (χ0v) is 12.6. The van der Waals surface area contributed by atoms with Crippen molar-refractivity contribution in [2.24, 2.45) is 0 Å². The van der Waals surface area contributed by atoms with E-state index in [2.05, 4.69) is 11.6 Å². The molecule has 0 bridgehead atoms. The number of amides is 1. The molecule has 1 aliphatic rings. The van der Waals surface area contributed by atoms with E-state index in [0.717, 1.165) is 11.1 Å². The fourth-order valence-corrected chi connectivity index (χ4v) is 3.11. The van der Waals surface area contributed by atoms with Crippen LogP contribution in [0.5, 0.6) is 0 Å². The number of nitrogens with one attached hydrogen (secondary N) is 1. The average Bonchev–Trinajstić information content (AvgIpc) is 2.53. The molecule has 0 spiro atoms. The van der Waals surface area contributed by atoms with E-state index in [1.54, 1.807) is 23.2 Å². The van der Waals surface area contributed by atoms with Crippen molar-refractivity contribution < 1.29 is 4.79 Å². The Hall–Kier alpha value is -2.33. The molecule has 0 aliphatic carbocycles. The van der Waals surface area contributed by atoms with Gasteiger partial charge >= 0.3 is 0 Å². The second-order valence-electron chi connectivity index (χ2n) is 5.27. The van der Waals surface area contributed by atoms with Crippen molar-refractivity contribution in [1.82, 2.24) is 9.88 Å². The smallest absolute Gasteiger partial charge is 0.251 e. The number of benzene rings is 1. The van der Waals surface area contributed by atoms with Crippen molar-refractivity contribution in [3.05, 3.63) is 81.3 Å². The molecule has 4 nitrogen and oxygen atoms in total. The SMILES string of the molecule is C=CC(=O)N1Cc2cc(Cl)ccc2C(c2ccc[nH]c2=O)C1. The van der Waals surface area contributed by atoms with Gasteiger partial charge in [-0.25, -0.2) is 0 Å². The number of aromatic nitrogens is 1. The molecule has 3 rings (SSSR count). The number of pyridine rings is 1. The molecule has 5 heteroatoms. The van der Waals surface area contributed by atoms with Crippen molar-refractivity contribution in [3.8, 4) is 0 Å². The first-order chi connectivity index (χ1) is 10.6. The lowest BCUT2D eigenvalue weighted by molar-refractivity contribution is -0.127. The molecule has 0 fully saturated rings. The van der Waals surface area contributed by atoms with E-state index in [1.165, 1.54) is 6.08 Å². The molecular weight excluding hydrogens is 300 g/mol. The lowest BCUT2D eigenvalue weighted by Gasteiger charge is -2.34. The minimum absolute atomic E-state index is 0.138. The summed E-state index contributed by atoms with van der Waals surface area (Å²) in [5.41, 5.74) is 2.50. The minimum atomic E-state index is -0.171. The lowest BCUT2D eigenvalue weighted by Crippen LogP contribution is -2.39. The molecule has 2 aromatic rings. The Morgan fingerprint density at radius 3 is 2.91 bits per heavy atom. The molecule has 0 radical (unpaired) electrons. The molecule has 1 aliphatic heterocycles. The van der Waals surface area contributed by atoms with Crippen LogP contribution in [0.1, 0.15) is 22.6 Å². The molecule has 1 aromatic carbocycles. The number of H-pyrrole nitrogens is 1. The predicted octanol–water partition coefficient (Wildman–Crippen LogP) is 2.69. The van der Waals surface area contributed by atoms with Gasteiger partial charge in [-0.3, -0.25) is 9.59 Å². The van der Waals surface area contributed by atoms with Gasteiger partial charge in [-0.05, 0) is 35.4 Å². The summed E-state index contributed by atoms with van der Waals surface area (Å²) in [6.07, 6.45) is 2.89. The van der Waals surface area contributed by atoms with Crippen LogP contribution in [0.3, 0.4) is 0 Å². The van der Waals surface area contributed by atoms with Crippen molar-refractivity contribution in [2.75, 3.05) is 6.54 Å². The predicted molar refractivity (Wildman–Crippen MR) is 86.0 cm³/mol. The third kappa shape index (κ3) is 2.57. The van der Waals surface area contributed by atoms with Crippen LogP contribution in [-0.4, -0.2) is 22.3 Å². The monoisotopic (exact) mass is 314 g/mol. The molecule has 1 aromatic heterocycles. The second kappa shape index (κ2) is 5.81. The summed E-state index contributed by atoms with van der Waals surface area (Å²) in [6.45, 7) is 4.46. The van der Waals surface area contributed by atoms with Gasteiger partial charge in [-0.15, -0.1) is 0 Å². The van der Waals surface area contributed by atoms with E-state index in [1.807, 2.05) is 18.2 Å². The largest absolute Gasteiger partial charge is 0.334 e. The van der Waals surface area contributed by atoms with Gasteiger partial charge in [0.25, 0.3) is 5.56 Å². The summed E-state index contributed by atoms with van der Waals surface area (Å²) < 4.78 is 0. The Balaban J connectivity index is 2.13. The summed E-state index contributed by atoms with van der Waals surface area (Å²) in [5, 5.41) is 0.618. The first kappa shape index (κ1) is 14.6. The second-order valence-corrected chi connectivity index (χ2v) is 5.71. The minimum Gasteiger partial charge on any atom is -0.334 e. The summed E-state index contributed by atoms with van der Waals surface area (Å²) in [5.74, 6) is -0.321. The number of hydrogen-bond acceptors (Lipinski definition) is 2. The first-order valence-corrected chi connectivity index (χ1v) is 7.35. The molecular formula is C17H15ClN2O2. The van der Waals surface area contributed by atoms with E-state index >= 15 is 0 Å². The molecule has 1 unspecified atom stereocenters. The Morgan fingerprint density at radius 2 is 2.18 bits per heavy atom. The molecule has 0 saturated heterocycles. The standard InChI is InChI=1S/C17H15ClN2O2/c1-2-16(21)20-9-11-8-12(18)5-6-13(11)15(10-20)14-4-3-7-19-17(14)22/h2-8,15H,1,9-10H2,(H,19,22). The van der Waals surface area contributed by atoms with Crippen LogP contribution in [0.25, 0.3) is 0 Å². The summed E-state index contributed by atoms with van der Waals surface area (Å²) in [7, 11) is 0. The van der Waals surface area contributed by atoms with Crippen LogP contribution in [0.4, 0.5) is 0 Å². The highest BCUT2D eigenvalue weighted by Crippen LogP contribution is 2.33. The maximum atomic E-state index is 12.1. The summed E-state index contributed by atoms with van der Waals surface area (Å²) in [6, 6.07) is 9.19. The Kier molecular flexibility index (Phi) is 3.86.